The Labute approximate surface area is 204 Å². The van der Waals surface area contributed by atoms with Crippen LogP contribution in [-0.2, 0) is 19.8 Å². The fraction of sp³-hybridized carbons (Fsp3) is 0.167. The van der Waals surface area contributed by atoms with Crippen molar-refractivity contribution in [3.63, 3.8) is 0 Å². The van der Waals surface area contributed by atoms with Crippen molar-refractivity contribution < 1.29 is 24.1 Å². The summed E-state index contributed by atoms with van der Waals surface area (Å²) in [6.07, 6.45) is -0.266. The van der Waals surface area contributed by atoms with Gasteiger partial charge in [-0.15, -0.1) is 0 Å². The Balaban J connectivity index is 1.56. The van der Waals surface area contributed by atoms with Gasteiger partial charge >= 0.3 is 0 Å². The van der Waals surface area contributed by atoms with E-state index in [-0.39, 0.29) is 25.4 Å². The van der Waals surface area contributed by atoms with Gasteiger partial charge in [0.25, 0.3) is 0 Å². The third kappa shape index (κ3) is 5.05. The second-order valence-corrected chi connectivity index (χ2v) is 8.42. The molecule has 1 aliphatic heterocycles. The number of Topliss-reactive ketones (excluding diaryl/α,β-unsaturated/α-hetero) is 1. The van der Waals surface area contributed by atoms with Gasteiger partial charge < -0.3 is 19.3 Å². The molecule has 5 nitrogen and oxygen atoms in total. The number of aliphatic hydroxyl groups is 1. The minimum Gasteiger partial charge on any atom is -0.485 e. The predicted octanol–water partition coefficient (Wildman–Crippen LogP) is 6.04. The number of rotatable bonds is 8. The third-order valence-corrected chi connectivity index (χ3v) is 6.00. The van der Waals surface area contributed by atoms with Gasteiger partial charge in [0.15, 0.2) is 17.3 Å². The van der Waals surface area contributed by atoms with Crippen LogP contribution in [0.5, 0.6) is 17.2 Å². The first-order valence-corrected chi connectivity index (χ1v) is 11.6. The van der Waals surface area contributed by atoms with Crippen LogP contribution < -0.4 is 14.2 Å². The summed E-state index contributed by atoms with van der Waals surface area (Å²) in [6, 6.07) is 30.9. The molecular weight excluding hydrogens is 440 g/mol. The molecule has 0 spiro atoms. The smallest absolute Gasteiger partial charge is 0.204 e. The van der Waals surface area contributed by atoms with Gasteiger partial charge in [-0.2, -0.15) is 0 Å². The van der Waals surface area contributed by atoms with Crippen LogP contribution in [0.25, 0.3) is 0 Å². The van der Waals surface area contributed by atoms with Crippen LogP contribution in [0.4, 0.5) is 0 Å². The van der Waals surface area contributed by atoms with Gasteiger partial charge in [0.2, 0.25) is 5.75 Å². The lowest BCUT2D eigenvalue weighted by Crippen LogP contribution is -2.23. The SMILES string of the molecule is O=C1CC(c2ccccc2)Oc2c(OCc3ccccc3)c(OCc3ccccc3)cc(CO)c21. The van der Waals surface area contributed by atoms with E-state index in [0.717, 1.165) is 16.7 Å². The number of aliphatic hydroxyl groups excluding tert-OH is 1. The molecule has 0 amide bonds. The third-order valence-electron chi connectivity index (χ3n) is 6.00. The lowest BCUT2D eigenvalue weighted by Gasteiger charge is -2.29. The number of hydrogen-bond donors (Lipinski definition) is 1. The highest BCUT2D eigenvalue weighted by Crippen LogP contribution is 2.48. The molecule has 0 aromatic heterocycles. The van der Waals surface area contributed by atoms with Gasteiger partial charge in [-0.1, -0.05) is 91.0 Å². The van der Waals surface area contributed by atoms with Crippen LogP contribution in [0, 0.1) is 0 Å². The lowest BCUT2D eigenvalue weighted by atomic mass is 9.92. The number of benzene rings is 4. The van der Waals surface area contributed by atoms with Crippen LogP contribution in [0.15, 0.2) is 97.1 Å². The number of fused-ring (bicyclic) bond motifs is 1. The molecule has 1 heterocycles. The molecule has 0 fully saturated rings. The van der Waals surface area contributed by atoms with E-state index in [1.54, 1.807) is 6.07 Å². The summed E-state index contributed by atoms with van der Waals surface area (Å²) in [5.41, 5.74) is 3.69. The largest absolute Gasteiger partial charge is 0.485 e. The maximum absolute atomic E-state index is 13.3. The second kappa shape index (κ2) is 10.5. The standard InChI is InChI=1S/C30H26O5/c31-18-24-16-27(33-19-21-10-4-1-5-11-21)29(34-20-22-12-6-2-7-13-22)30-28(24)25(32)17-26(35-30)23-14-8-3-9-15-23/h1-16,26,31H,17-20H2. The molecule has 1 aliphatic rings. The molecule has 5 rings (SSSR count). The Kier molecular flexibility index (Phi) is 6.77. The van der Waals surface area contributed by atoms with Gasteiger partial charge in [0.05, 0.1) is 18.6 Å². The van der Waals surface area contributed by atoms with Crippen molar-refractivity contribution in [1.29, 1.82) is 0 Å². The molecule has 0 bridgehead atoms. The summed E-state index contributed by atoms with van der Waals surface area (Å²) in [6.45, 7) is 0.275. The van der Waals surface area contributed by atoms with Crippen LogP contribution >= 0.6 is 0 Å². The van der Waals surface area contributed by atoms with Crippen molar-refractivity contribution in [2.75, 3.05) is 0 Å². The van der Waals surface area contributed by atoms with E-state index in [4.69, 9.17) is 14.2 Å². The second-order valence-electron chi connectivity index (χ2n) is 8.42. The van der Waals surface area contributed by atoms with Crippen LogP contribution in [0.3, 0.4) is 0 Å². The average molecular weight is 467 g/mol. The van der Waals surface area contributed by atoms with E-state index in [1.807, 2.05) is 91.0 Å². The monoisotopic (exact) mass is 466 g/mol. The number of carbonyl (C=O) groups is 1. The first-order chi connectivity index (χ1) is 17.2. The van der Waals surface area contributed by atoms with Crippen molar-refractivity contribution in [2.45, 2.75) is 32.3 Å². The number of ketones is 1. The molecule has 0 saturated carbocycles. The molecular formula is C30H26O5. The van der Waals surface area contributed by atoms with Gasteiger partial charge in [-0.25, -0.2) is 0 Å². The van der Waals surface area contributed by atoms with Gasteiger partial charge in [0, 0.05) is 0 Å². The Morgan fingerprint density at radius 1 is 0.800 bits per heavy atom. The quantitative estimate of drug-likeness (QED) is 0.343. The number of hydrogen-bond acceptors (Lipinski definition) is 5. The molecule has 4 aromatic rings. The number of carbonyl (C=O) groups excluding carboxylic acids is 1. The maximum Gasteiger partial charge on any atom is 0.204 e. The van der Waals surface area contributed by atoms with Crippen molar-refractivity contribution in [3.8, 4) is 17.2 Å². The molecule has 0 radical (unpaired) electrons. The highest BCUT2D eigenvalue weighted by Gasteiger charge is 2.34. The van der Waals surface area contributed by atoms with E-state index >= 15 is 0 Å². The van der Waals surface area contributed by atoms with Crippen LogP contribution in [-0.4, -0.2) is 10.9 Å². The first-order valence-electron chi connectivity index (χ1n) is 11.6. The maximum atomic E-state index is 13.3. The Bertz CT molecular complexity index is 1290. The Morgan fingerprint density at radius 2 is 1.37 bits per heavy atom. The van der Waals surface area contributed by atoms with E-state index in [1.165, 1.54) is 0 Å². The molecule has 1 N–H and O–H groups in total. The topological polar surface area (TPSA) is 65.0 Å². The van der Waals surface area contributed by atoms with Gasteiger partial charge in [0.1, 0.15) is 19.3 Å². The zero-order valence-electron chi connectivity index (χ0n) is 19.2. The highest BCUT2D eigenvalue weighted by atomic mass is 16.5. The molecule has 1 unspecified atom stereocenters. The molecule has 5 heteroatoms. The Morgan fingerprint density at radius 3 is 1.97 bits per heavy atom. The summed E-state index contributed by atoms with van der Waals surface area (Å²) in [7, 11) is 0. The summed E-state index contributed by atoms with van der Waals surface area (Å²) in [5.74, 6) is 1.02. The average Bonchev–Trinajstić information content (AvgIpc) is 2.92. The van der Waals surface area contributed by atoms with Crippen molar-refractivity contribution in [3.05, 3.63) is 125 Å². The fourth-order valence-corrected chi connectivity index (χ4v) is 4.23. The molecule has 1 atom stereocenters. The minimum absolute atomic E-state index is 0.0941. The minimum atomic E-state index is -0.453. The Hall–Kier alpha value is -4.09. The zero-order chi connectivity index (χ0) is 24.0. The highest BCUT2D eigenvalue weighted by molar-refractivity contribution is 6.02. The van der Waals surface area contributed by atoms with Gasteiger partial charge in [-0.3, -0.25) is 4.79 Å². The van der Waals surface area contributed by atoms with E-state index in [9.17, 15) is 9.90 Å². The molecule has 0 aliphatic carbocycles. The predicted molar refractivity (Wildman–Crippen MR) is 133 cm³/mol. The van der Waals surface area contributed by atoms with Crippen molar-refractivity contribution >= 4 is 5.78 Å². The molecule has 0 saturated heterocycles. The summed E-state index contributed by atoms with van der Waals surface area (Å²) < 4.78 is 18.8. The van der Waals surface area contributed by atoms with Crippen LogP contribution in [0.2, 0.25) is 0 Å². The molecule has 35 heavy (non-hydrogen) atoms. The van der Waals surface area contributed by atoms with Gasteiger partial charge in [-0.05, 0) is 28.3 Å². The first kappa shape index (κ1) is 22.7. The molecule has 176 valence electrons. The summed E-state index contributed by atoms with van der Waals surface area (Å²) >= 11 is 0. The van der Waals surface area contributed by atoms with Crippen molar-refractivity contribution in [2.24, 2.45) is 0 Å². The van der Waals surface area contributed by atoms with Crippen molar-refractivity contribution in [1.82, 2.24) is 0 Å². The molecule has 4 aromatic carbocycles. The van der Waals surface area contributed by atoms with E-state index in [0.29, 0.717) is 35.0 Å². The zero-order valence-corrected chi connectivity index (χ0v) is 19.2. The van der Waals surface area contributed by atoms with E-state index in [2.05, 4.69) is 0 Å². The number of ether oxygens (including phenoxy) is 3. The van der Waals surface area contributed by atoms with E-state index < -0.39 is 6.10 Å². The summed E-state index contributed by atoms with van der Waals surface area (Å²) in [5, 5.41) is 10.1. The fourth-order valence-electron chi connectivity index (χ4n) is 4.23. The van der Waals surface area contributed by atoms with Crippen LogP contribution in [0.1, 0.15) is 45.1 Å². The normalized spacial score (nSPS) is 14.7. The lowest BCUT2D eigenvalue weighted by molar-refractivity contribution is 0.0830. The summed E-state index contributed by atoms with van der Waals surface area (Å²) in [4.78, 5) is 13.3.